The number of aldehydes is 1. The fraction of sp³-hybridized carbons (Fsp3) is 0.222. The largest absolute Gasteiger partial charge is 0.496 e. The molecule has 0 atom stereocenters. The van der Waals surface area contributed by atoms with E-state index in [0.29, 0.717) is 22.1 Å². The van der Waals surface area contributed by atoms with Gasteiger partial charge in [-0.3, -0.25) is 0 Å². The van der Waals surface area contributed by atoms with E-state index in [0.717, 1.165) is 0 Å². The third kappa shape index (κ3) is 2.28. The molecule has 1 rings (SSSR count). The van der Waals surface area contributed by atoms with Crippen LogP contribution in [-0.4, -0.2) is 13.4 Å². The predicted octanol–water partition coefficient (Wildman–Crippen LogP) is 2.34. The van der Waals surface area contributed by atoms with E-state index >= 15 is 0 Å². The monoisotopic (exact) mass is 246 g/mol. The van der Waals surface area contributed by atoms with Gasteiger partial charge in [-0.15, -0.1) is 0 Å². The van der Waals surface area contributed by atoms with Gasteiger partial charge in [-0.1, -0.05) is 15.9 Å². The second kappa shape index (κ2) is 4.37. The number of hydrogen-bond donors (Lipinski definition) is 0. The molecule has 0 saturated heterocycles. The van der Waals surface area contributed by atoms with Crippen molar-refractivity contribution in [2.75, 3.05) is 7.11 Å². The maximum absolute atomic E-state index is 13.2. The molecule has 0 heterocycles. The van der Waals surface area contributed by atoms with Gasteiger partial charge in [0.2, 0.25) is 0 Å². The Balaban J connectivity index is 3.20. The average Bonchev–Trinajstić information content (AvgIpc) is 2.09. The number of carbonyl (C=O) groups excluding carboxylic acids is 1. The first-order valence-corrected chi connectivity index (χ1v) is 4.44. The van der Waals surface area contributed by atoms with Gasteiger partial charge in [-0.05, 0) is 12.1 Å². The highest BCUT2D eigenvalue weighted by Gasteiger charge is 2.09. The van der Waals surface area contributed by atoms with E-state index in [4.69, 9.17) is 4.74 Å². The molecule has 0 spiro atoms. The Morgan fingerprint density at radius 2 is 2.31 bits per heavy atom. The first-order valence-electron chi connectivity index (χ1n) is 3.64. The van der Waals surface area contributed by atoms with Gasteiger partial charge in [0.1, 0.15) is 17.9 Å². The summed E-state index contributed by atoms with van der Waals surface area (Å²) in [5, 5.41) is 0. The Morgan fingerprint density at radius 1 is 1.62 bits per heavy atom. The second-order valence-electron chi connectivity index (χ2n) is 2.44. The van der Waals surface area contributed by atoms with Crippen LogP contribution in [0.2, 0.25) is 0 Å². The van der Waals surface area contributed by atoms with Gasteiger partial charge in [0.25, 0.3) is 0 Å². The molecular formula is C9H8BrFO2. The number of methoxy groups -OCH3 is 1. The van der Waals surface area contributed by atoms with Crippen molar-refractivity contribution < 1.29 is 13.9 Å². The SMILES string of the molecule is COc1cc(Br)cc(F)c1CC=O. The normalized spacial score (nSPS) is 9.77. The van der Waals surface area contributed by atoms with Gasteiger partial charge in [-0.2, -0.15) is 0 Å². The van der Waals surface area contributed by atoms with Crippen LogP contribution in [0.5, 0.6) is 5.75 Å². The Hall–Kier alpha value is -0.900. The topological polar surface area (TPSA) is 26.3 Å². The standard InChI is InChI=1S/C9H8BrFO2/c1-13-9-5-6(10)4-8(11)7(9)2-3-12/h3-5H,2H2,1H3. The number of halogens is 2. The first-order chi connectivity index (χ1) is 6.19. The summed E-state index contributed by atoms with van der Waals surface area (Å²) in [4.78, 5) is 10.2. The molecule has 0 aliphatic heterocycles. The Kier molecular flexibility index (Phi) is 3.42. The molecule has 0 unspecified atom stereocenters. The molecule has 0 aromatic heterocycles. The van der Waals surface area contributed by atoms with E-state index in [1.165, 1.54) is 13.2 Å². The Morgan fingerprint density at radius 3 is 2.85 bits per heavy atom. The minimum atomic E-state index is -0.432. The lowest BCUT2D eigenvalue weighted by atomic mass is 10.1. The van der Waals surface area contributed by atoms with E-state index in [1.807, 2.05) is 0 Å². The van der Waals surface area contributed by atoms with E-state index in [-0.39, 0.29) is 6.42 Å². The van der Waals surface area contributed by atoms with Crippen LogP contribution in [0.15, 0.2) is 16.6 Å². The first kappa shape index (κ1) is 10.2. The van der Waals surface area contributed by atoms with Crippen LogP contribution in [0.4, 0.5) is 4.39 Å². The summed E-state index contributed by atoms with van der Waals surface area (Å²) in [6, 6.07) is 2.93. The molecule has 0 radical (unpaired) electrons. The fourth-order valence-electron chi connectivity index (χ4n) is 1.04. The molecule has 0 amide bonds. The number of carbonyl (C=O) groups is 1. The zero-order valence-corrected chi connectivity index (χ0v) is 8.60. The van der Waals surface area contributed by atoms with Crippen molar-refractivity contribution in [3.8, 4) is 5.75 Å². The molecule has 1 aromatic carbocycles. The van der Waals surface area contributed by atoms with Gasteiger partial charge in [-0.25, -0.2) is 4.39 Å². The van der Waals surface area contributed by atoms with Crippen LogP contribution in [-0.2, 0) is 11.2 Å². The summed E-state index contributed by atoms with van der Waals surface area (Å²) in [6.45, 7) is 0. The summed E-state index contributed by atoms with van der Waals surface area (Å²) in [6.07, 6.45) is 0.678. The van der Waals surface area contributed by atoms with Crippen LogP contribution in [0.25, 0.3) is 0 Å². The fourth-order valence-corrected chi connectivity index (χ4v) is 1.45. The third-order valence-electron chi connectivity index (χ3n) is 1.63. The van der Waals surface area contributed by atoms with Crippen molar-refractivity contribution >= 4 is 22.2 Å². The molecule has 0 saturated carbocycles. The highest BCUT2D eigenvalue weighted by atomic mass is 79.9. The molecule has 0 bridgehead atoms. The summed E-state index contributed by atoms with van der Waals surface area (Å²) in [5.41, 5.74) is 0.292. The molecule has 4 heteroatoms. The van der Waals surface area contributed by atoms with Crippen LogP contribution >= 0.6 is 15.9 Å². The van der Waals surface area contributed by atoms with Crippen molar-refractivity contribution in [1.82, 2.24) is 0 Å². The van der Waals surface area contributed by atoms with E-state index in [1.54, 1.807) is 6.07 Å². The maximum atomic E-state index is 13.2. The Labute approximate surface area is 83.8 Å². The van der Waals surface area contributed by atoms with Crippen LogP contribution in [0.1, 0.15) is 5.56 Å². The summed E-state index contributed by atoms with van der Waals surface area (Å²) in [7, 11) is 1.44. The third-order valence-corrected chi connectivity index (χ3v) is 2.08. The van der Waals surface area contributed by atoms with E-state index in [9.17, 15) is 9.18 Å². The molecule has 0 fully saturated rings. The second-order valence-corrected chi connectivity index (χ2v) is 3.35. The number of rotatable bonds is 3. The molecular weight excluding hydrogens is 239 g/mol. The van der Waals surface area contributed by atoms with Crippen LogP contribution < -0.4 is 4.74 Å². The van der Waals surface area contributed by atoms with Crippen LogP contribution in [0.3, 0.4) is 0 Å². The predicted molar refractivity (Wildman–Crippen MR) is 50.4 cm³/mol. The smallest absolute Gasteiger partial charge is 0.131 e. The van der Waals surface area contributed by atoms with Crippen molar-refractivity contribution in [2.45, 2.75) is 6.42 Å². The summed E-state index contributed by atoms with van der Waals surface area (Å²) < 4.78 is 18.7. The van der Waals surface area contributed by atoms with Crippen LogP contribution in [0, 0.1) is 5.82 Å². The molecule has 0 N–H and O–H groups in total. The molecule has 1 aromatic rings. The van der Waals surface area contributed by atoms with Gasteiger partial charge >= 0.3 is 0 Å². The number of hydrogen-bond acceptors (Lipinski definition) is 2. The van der Waals surface area contributed by atoms with E-state index in [2.05, 4.69) is 15.9 Å². The lowest BCUT2D eigenvalue weighted by Crippen LogP contribution is -1.97. The summed E-state index contributed by atoms with van der Waals surface area (Å²) >= 11 is 3.13. The van der Waals surface area contributed by atoms with Gasteiger partial charge in [0.05, 0.1) is 7.11 Å². The Bertz CT molecular complexity index is 326. The highest BCUT2D eigenvalue weighted by Crippen LogP contribution is 2.26. The minimum Gasteiger partial charge on any atom is -0.496 e. The van der Waals surface area contributed by atoms with Gasteiger partial charge in [0.15, 0.2) is 0 Å². The van der Waals surface area contributed by atoms with Crippen molar-refractivity contribution in [1.29, 1.82) is 0 Å². The highest BCUT2D eigenvalue weighted by molar-refractivity contribution is 9.10. The number of benzene rings is 1. The maximum Gasteiger partial charge on any atom is 0.131 e. The van der Waals surface area contributed by atoms with Crippen molar-refractivity contribution in [3.63, 3.8) is 0 Å². The van der Waals surface area contributed by atoms with Gasteiger partial charge < -0.3 is 9.53 Å². The van der Waals surface area contributed by atoms with Gasteiger partial charge in [0, 0.05) is 16.5 Å². The molecule has 0 aliphatic rings. The minimum absolute atomic E-state index is 0.0300. The lowest BCUT2D eigenvalue weighted by molar-refractivity contribution is -0.107. The van der Waals surface area contributed by atoms with Crippen molar-refractivity contribution in [2.24, 2.45) is 0 Å². The zero-order valence-electron chi connectivity index (χ0n) is 7.01. The molecule has 0 aliphatic carbocycles. The van der Waals surface area contributed by atoms with Crippen molar-refractivity contribution in [3.05, 3.63) is 28.0 Å². The molecule has 13 heavy (non-hydrogen) atoms. The lowest BCUT2D eigenvalue weighted by Gasteiger charge is -2.07. The molecule has 70 valence electrons. The van der Waals surface area contributed by atoms with E-state index < -0.39 is 5.82 Å². The zero-order chi connectivity index (χ0) is 9.84. The number of ether oxygens (including phenoxy) is 1. The molecule has 2 nitrogen and oxygen atoms in total. The quantitative estimate of drug-likeness (QED) is 0.766. The average molecular weight is 247 g/mol. The summed E-state index contributed by atoms with van der Waals surface area (Å²) in [5.74, 6) is -0.0442.